The molecule has 0 aliphatic heterocycles. The molecule has 0 N–H and O–H groups in total. The van der Waals surface area contributed by atoms with Crippen LogP contribution in [0.3, 0.4) is 0 Å². The lowest BCUT2D eigenvalue weighted by Crippen LogP contribution is -2.55. The van der Waals surface area contributed by atoms with Gasteiger partial charge in [-0.1, -0.05) is 183 Å². The second kappa shape index (κ2) is 14.9. The van der Waals surface area contributed by atoms with Gasteiger partial charge in [-0.25, -0.2) is 0 Å². The van der Waals surface area contributed by atoms with Gasteiger partial charge in [-0.3, -0.25) is 0 Å². The lowest BCUT2D eigenvalue weighted by atomic mass is 9.43. The molecule has 0 unspecified atom stereocenters. The van der Waals surface area contributed by atoms with Crippen LogP contribution in [0.5, 0.6) is 0 Å². The molecule has 0 atom stereocenters. The average molecular weight is 914 g/mol. The fraction of sp³-hybridized carbons (Fsp3) is 0.229. The summed E-state index contributed by atoms with van der Waals surface area (Å²) in [7, 11) is 0. The monoisotopic (exact) mass is 913 g/mol. The van der Waals surface area contributed by atoms with Gasteiger partial charge in [-0.2, -0.15) is 0 Å². The zero-order valence-electron chi connectivity index (χ0n) is 41.3. The summed E-state index contributed by atoms with van der Waals surface area (Å²) >= 11 is 0. The lowest BCUT2D eigenvalue weighted by Gasteiger charge is -2.61. The molecule has 16 rings (SSSR count). The maximum absolute atomic E-state index is 2.67. The van der Waals surface area contributed by atoms with E-state index in [0.717, 1.165) is 11.8 Å². The Kier molecular flexibility index (Phi) is 8.72. The molecule has 0 heterocycles. The quantitative estimate of drug-likeness (QED) is 0.166. The number of anilines is 3. The molecule has 1 heteroatoms. The van der Waals surface area contributed by atoms with Crippen LogP contribution in [-0.2, 0) is 16.2 Å². The van der Waals surface area contributed by atoms with Crippen LogP contribution in [0.25, 0.3) is 44.5 Å². The Hall–Kier alpha value is -7.22. The first kappa shape index (κ1) is 41.6. The molecule has 4 bridgehead atoms. The highest BCUT2D eigenvalue weighted by Gasteiger charge is 2.62. The van der Waals surface area contributed by atoms with Gasteiger partial charge < -0.3 is 4.90 Å². The van der Waals surface area contributed by atoms with Gasteiger partial charge in [0.15, 0.2) is 0 Å². The third-order valence-electron chi connectivity index (χ3n) is 19.0. The van der Waals surface area contributed by atoms with Crippen LogP contribution >= 0.6 is 0 Å². The molecular weight excluding hydrogens is 855 g/mol. The summed E-state index contributed by atoms with van der Waals surface area (Å²) in [6.45, 7) is 9.41. The van der Waals surface area contributed by atoms with Gasteiger partial charge in [-0.05, 0) is 201 Å². The minimum atomic E-state index is -0.493. The van der Waals surface area contributed by atoms with E-state index in [0.29, 0.717) is 11.8 Å². The molecule has 0 saturated heterocycles. The summed E-state index contributed by atoms with van der Waals surface area (Å²) < 4.78 is 0. The zero-order chi connectivity index (χ0) is 47.4. The predicted octanol–water partition coefficient (Wildman–Crippen LogP) is 17.8. The van der Waals surface area contributed by atoms with Gasteiger partial charge >= 0.3 is 0 Å². The van der Waals surface area contributed by atoms with Crippen molar-refractivity contribution in [2.75, 3.05) is 4.90 Å². The van der Waals surface area contributed by atoms with Crippen molar-refractivity contribution in [3.63, 3.8) is 0 Å². The normalized spacial score (nSPS) is 22.6. The van der Waals surface area contributed by atoms with Crippen LogP contribution in [0.4, 0.5) is 17.1 Å². The van der Waals surface area contributed by atoms with Crippen LogP contribution in [0.15, 0.2) is 200 Å². The molecule has 71 heavy (non-hydrogen) atoms. The van der Waals surface area contributed by atoms with Crippen LogP contribution in [0.1, 0.15) is 102 Å². The lowest BCUT2D eigenvalue weighted by molar-refractivity contribution is -0.0399. The fourth-order valence-electron chi connectivity index (χ4n) is 16.3. The van der Waals surface area contributed by atoms with E-state index in [1.165, 1.54) is 138 Å². The molecular formula is C70H59N. The molecule has 7 aliphatic rings. The molecule has 1 nitrogen and oxygen atoms in total. The number of aryl methyl sites for hydroxylation is 2. The first-order valence-corrected chi connectivity index (χ1v) is 26.5. The van der Waals surface area contributed by atoms with Crippen LogP contribution in [-0.4, -0.2) is 0 Å². The van der Waals surface area contributed by atoms with Crippen LogP contribution < -0.4 is 4.90 Å². The van der Waals surface area contributed by atoms with E-state index in [4.69, 9.17) is 0 Å². The van der Waals surface area contributed by atoms with Gasteiger partial charge in [0.25, 0.3) is 0 Å². The minimum Gasteiger partial charge on any atom is -0.310 e. The molecule has 4 fully saturated rings. The van der Waals surface area contributed by atoms with E-state index >= 15 is 0 Å². The van der Waals surface area contributed by atoms with E-state index in [2.05, 4.69) is 233 Å². The Morgan fingerprint density at radius 1 is 0.338 bits per heavy atom. The van der Waals surface area contributed by atoms with Crippen LogP contribution in [0.2, 0.25) is 0 Å². The summed E-state index contributed by atoms with van der Waals surface area (Å²) in [5, 5.41) is 0. The van der Waals surface area contributed by atoms with Crippen molar-refractivity contribution in [3.05, 3.63) is 256 Å². The minimum absolute atomic E-state index is 0.0663. The third kappa shape index (κ3) is 5.64. The maximum Gasteiger partial charge on any atom is 0.0720 e. The van der Waals surface area contributed by atoms with Gasteiger partial charge in [0.2, 0.25) is 0 Å². The molecule has 2 spiro atoms. The number of hydrogen-bond donors (Lipinski definition) is 0. The Bertz CT molecular complexity index is 3580. The molecule has 9 aromatic carbocycles. The average Bonchev–Trinajstić information content (AvgIpc) is 3.86. The first-order valence-electron chi connectivity index (χ1n) is 26.5. The summed E-state index contributed by atoms with van der Waals surface area (Å²) in [6.07, 6.45) is 6.93. The zero-order valence-corrected chi connectivity index (χ0v) is 41.3. The number of rotatable bonds is 5. The van der Waals surface area contributed by atoms with Crippen molar-refractivity contribution in [3.8, 4) is 44.5 Å². The van der Waals surface area contributed by atoms with Gasteiger partial charge in [0.05, 0.1) is 5.41 Å². The highest BCUT2D eigenvalue weighted by atomic mass is 15.1. The van der Waals surface area contributed by atoms with E-state index in [9.17, 15) is 0 Å². The fourth-order valence-corrected chi connectivity index (χ4v) is 16.3. The van der Waals surface area contributed by atoms with Crippen molar-refractivity contribution >= 4 is 17.1 Å². The third-order valence-corrected chi connectivity index (χ3v) is 19.0. The summed E-state index contributed by atoms with van der Waals surface area (Å²) in [5.41, 5.74) is 27.7. The van der Waals surface area contributed by atoms with Crippen molar-refractivity contribution in [2.24, 2.45) is 23.7 Å². The first-order chi connectivity index (χ1) is 34.7. The SMILES string of the molecule is Cc1ccc2c(c1)C(C)(C)c1cc(C)ccc1C21c2ccccc2-c2ccc(N(c3ccc(-c4cccc(-c5ccccc5)c4)cc3)c3ccc4c(c3)C3(c5ccccc5-4)C4CC5CC(C4)CC3C5)cc21. The predicted molar refractivity (Wildman–Crippen MR) is 294 cm³/mol. The second-order valence-electron chi connectivity index (χ2n) is 23.0. The van der Waals surface area contributed by atoms with Crippen molar-refractivity contribution in [2.45, 2.75) is 76.0 Å². The highest BCUT2D eigenvalue weighted by molar-refractivity contribution is 5.92. The molecule has 0 aromatic heterocycles. The summed E-state index contributed by atoms with van der Waals surface area (Å²) in [6, 6.07) is 77.8. The van der Waals surface area contributed by atoms with Crippen molar-refractivity contribution in [1.82, 2.24) is 0 Å². The number of nitrogens with zero attached hydrogens (tertiary/aromatic N) is 1. The molecule has 4 saturated carbocycles. The maximum atomic E-state index is 2.67. The summed E-state index contributed by atoms with van der Waals surface area (Å²) in [5.74, 6) is 3.17. The Morgan fingerprint density at radius 3 is 1.44 bits per heavy atom. The second-order valence-corrected chi connectivity index (χ2v) is 23.0. The van der Waals surface area contributed by atoms with E-state index in [-0.39, 0.29) is 10.8 Å². The Balaban J connectivity index is 0.958. The Morgan fingerprint density at radius 2 is 0.817 bits per heavy atom. The summed E-state index contributed by atoms with van der Waals surface area (Å²) in [4.78, 5) is 2.60. The van der Waals surface area contributed by atoms with Gasteiger partial charge in [0, 0.05) is 27.9 Å². The standard InChI is InChI=1S/C70H59N/c1-43-21-31-62-66(33-43)68(3,4)67-34-44(2)22-32-63(67)70(62)61-20-11-9-18-57(61)59-30-28-55(42-65(59)70)71(53-25-23-48(24-26-53)50-16-12-15-49(40-50)47-13-6-5-7-14-47)54-27-29-58-56-17-8-10-19-60(56)69(64(58)41-54)51-36-45-35-46(38-51)39-52(69)37-45/h5-34,40-42,45-46,51-52H,35-39H2,1-4H3. The molecule has 344 valence electrons. The number of fused-ring (bicyclic) bond motifs is 12. The van der Waals surface area contributed by atoms with Gasteiger partial charge in [0.1, 0.15) is 0 Å². The molecule has 0 amide bonds. The number of hydrogen-bond acceptors (Lipinski definition) is 1. The van der Waals surface area contributed by atoms with Crippen molar-refractivity contribution in [1.29, 1.82) is 0 Å². The Labute approximate surface area is 419 Å². The topological polar surface area (TPSA) is 3.24 Å². The smallest absolute Gasteiger partial charge is 0.0720 e. The van der Waals surface area contributed by atoms with Crippen molar-refractivity contribution < 1.29 is 0 Å². The molecule has 7 aliphatic carbocycles. The van der Waals surface area contributed by atoms with E-state index < -0.39 is 5.41 Å². The van der Waals surface area contributed by atoms with Gasteiger partial charge in [-0.15, -0.1) is 0 Å². The van der Waals surface area contributed by atoms with Crippen LogP contribution in [0, 0.1) is 37.5 Å². The molecule has 0 radical (unpaired) electrons. The number of benzene rings is 9. The van der Waals surface area contributed by atoms with E-state index in [1.54, 1.807) is 11.1 Å². The molecule has 9 aromatic rings. The largest absolute Gasteiger partial charge is 0.310 e. The van der Waals surface area contributed by atoms with E-state index in [1.807, 2.05) is 0 Å². The highest BCUT2D eigenvalue weighted by Crippen LogP contribution is 2.70.